The highest BCUT2D eigenvalue weighted by Crippen LogP contribution is 2.26. The van der Waals surface area contributed by atoms with E-state index in [4.69, 9.17) is 11.5 Å². The van der Waals surface area contributed by atoms with Gasteiger partial charge >= 0.3 is 0 Å². The largest absolute Gasteiger partial charge is 0.395 e. The van der Waals surface area contributed by atoms with Gasteiger partial charge < -0.3 is 16.4 Å². The van der Waals surface area contributed by atoms with Crippen LogP contribution in [0.5, 0.6) is 0 Å². The van der Waals surface area contributed by atoms with Crippen molar-refractivity contribution in [2.75, 3.05) is 12.3 Å². The Morgan fingerprint density at radius 2 is 2.05 bits per heavy atom. The van der Waals surface area contributed by atoms with E-state index in [1.165, 1.54) is 4.90 Å². The summed E-state index contributed by atoms with van der Waals surface area (Å²) in [6.07, 6.45) is 5.56. The molecule has 0 aliphatic heterocycles. The minimum absolute atomic E-state index is 0.0516. The summed E-state index contributed by atoms with van der Waals surface area (Å²) in [5.74, 6) is -0.824. The van der Waals surface area contributed by atoms with Crippen LogP contribution in [0.4, 0.5) is 5.69 Å². The molecule has 0 saturated heterocycles. The molecule has 1 aromatic rings. The van der Waals surface area contributed by atoms with Gasteiger partial charge in [0.2, 0.25) is 5.91 Å². The summed E-state index contributed by atoms with van der Waals surface area (Å²) in [5, 5.41) is 6.86. The highest BCUT2D eigenvalue weighted by Gasteiger charge is 2.31. The van der Waals surface area contributed by atoms with E-state index in [0.29, 0.717) is 5.69 Å². The first-order valence-corrected chi connectivity index (χ1v) is 7.46. The Labute approximate surface area is 124 Å². The quantitative estimate of drug-likeness (QED) is 0.719. The van der Waals surface area contributed by atoms with E-state index in [2.05, 4.69) is 10.2 Å². The predicted molar refractivity (Wildman–Crippen MR) is 79.5 cm³/mol. The molecule has 7 heteroatoms. The fourth-order valence-electron chi connectivity index (χ4n) is 2.88. The van der Waals surface area contributed by atoms with Crippen LogP contribution in [0.3, 0.4) is 0 Å². The van der Waals surface area contributed by atoms with E-state index in [1.54, 1.807) is 0 Å². The number of primary amides is 1. The molecule has 2 rings (SSSR count). The van der Waals surface area contributed by atoms with Gasteiger partial charge in [-0.15, -0.1) is 0 Å². The predicted octanol–water partition coefficient (Wildman–Crippen LogP) is 0.815. The van der Waals surface area contributed by atoms with Gasteiger partial charge in [-0.3, -0.25) is 14.7 Å². The topological polar surface area (TPSA) is 118 Å². The third-order valence-electron chi connectivity index (χ3n) is 3.94. The first kappa shape index (κ1) is 15.3. The molecule has 5 N–H and O–H groups in total. The molecule has 21 heavy (non-hydrogen) atoms. The van der Waals surface area contributed by atoms with Crippen LogP contribution in [0, 0.1) is 0 Å². The van der Waals surface area contributed by atoms with Crippen molar-refractivity contribution in [2.24, 2.45) is 5.73 Å². The number of H-pyrrole nitrogens is 1. The molecule has 7 nitrogen and oxygen atoms in total. The van der Waals surface area contributed by atoms with E-state index in [9.17, 15) is 9.59 Å². The number of carbonyl (C=O) groups excluding carboxylic acids is 2. The Hall–Kier alpha value is -2.05. The maximum Gasteiger partial charge on any atom is 0.277 e. The Bertz CT molecular complexity index is 519. The minimum atomic E-state index is -0.516. The molecule has 1 aromatic heterocycles. The first-order chi connectivity index (χ1) is 10.0. The number of hydrogen-bond donors (Lipinski definition) is 3. The van der Waals surface area contributed by atoms with Crippen LogP contribution in [0.1, 0.15) is 55.2 Å². The van der Waals surface area contributed by atoms with Crippen LogP contribution in [0.25, 0.3) is 0 Å². The average Bonchev–Trinajstić information content (AvgIpc) is 3.07. The summed E-state index contributed by atoms with van der Waals surface area (Å²) >= 11 is 0. The molecule has 0 radical (unpaired) electrons. The number of nitrogens with zero attached hydrogens (tertiary/aromatic N) is 2. The van der Waals surface area contributed by atoms with Gasteiger partial charge in [0, 0.05) is 6.04 Å². The summed E-state index contributed by atoms with van der Waals surface area (Å²) in [7, 11) is 0. The highest BCUT2D eigenvalue weighted by atomic mass is 16.2. The minimum Gasteiger partial charge on any atom is -0.395 e. The standard InChI is InChI=1S/C14H23N5O2/c1-2-5-10-12(16)13(18-17-10)14(21)19(8-11(15)20)9-6-3-4-7-9/h9H,2-8,16H2,1H3,(H2,15,20)(H,17,18). The average molecular weight is 293 g/mol. The van der Waals surface area contributed by atoms with E-state index < -0.39 is 5.91 Å². The number of nitrogen functional groups attached to an aromatic ring is 1. The summed E-state index contributed by atoms with van der Waals surface area (Å²) in [6.45, 7) is 1.94. The zero-order valence-corrected chi connectivity index (χ0v) is 12.4. The number of aromatic amines is 1. The van der Waals surface area contributed by atoms with Crippen molar-refractivity contribution >= 4 is 17.5 Å². The summed E-state index contributed by atoms with van der Waals surface area (Å²) in [5.41, 5.74) is 12.6. The van der Waals surface area contributed by atoms with Crippen molar-refractivity contribution in [2.45, 2.75) is 51.5 Å². The first-order valence-electron chi connectivity index (χ1n) is 7.46. The van der Waals surface area contributed by atoms with Crippen molar-refractivity contribution in [3.05, 3.63) is 11.4 Å². The Kier molecular flexibility index (Phi) is 4.82. The third-order valence-corrected chi connectivity index (χ3v) is 3.94. The summed E-state index contributed by atoms with van der Waals surface area (Å²) in [4.78, 5) is 25.5. The normalized spacial score (nSPS) is 15.3. The van der Waals surface area contributed by atoms with E-state index in [-0.39, 0.29) is 24.2 Å². The highest BCUT2D eigenvalue weighted by molar-refractivity contribution is 5.99. The van der Waals surface area contributed by atoms with Gasteiger partial charge in [0.25, 0.3) is 5.91 Å². The van der Waals surface area contributed by atoms with Crippen LogP contribution in [0.2, 0.25) is 0 Å². The van der Waals surface area contributed by atoms with Crippen LogP contribution in [-0.2, 0) is 11.2 Å². The van der Waals surface area contributed by atoms with Crippen LogP contribution < -0.4 is 11.5 Å². The summed E-state index contributed by atoms with van der Waals surface area (Å²) < 4.78 is 0. The number of aryl methyl sites for hydroxylation is 1. The van der Waals surface area contributed by atoms with Gasteiger partial charge in [-0.2, -0.15) is 5.10 Å². The number of hydrogen-bond acceptors (Lipinski definition) is 4. The lowest BCUT2D eigenvalue weighted by Crippen LogP contribution is -2.44. The number of nitrogens with two attached hydrogens (primary N) is 2. The molecule has 1 aliphatic rings. The summed E-state index contributed by atoms with van der Waals surface area (Å²) in [6, 6.07) is 0.0516. The third kappa shape index (κ3) is 3.34. The molecule has 1 saturated carbocycles. The Balaban J connectivity index is 2.22. The number of rotatable bonds is 6. The molecular formula is C14H23N5O2. The second kappa shape index (κ2) is 6.60. The lowest BCUT2D eigenvalue weighted by molar-refractivity contribution is -0.119. The van der Waals surface area contributed by atoms with Crippen molar-refractivity contribution in [3.63, 3.8) is 0 Å². The van der Waals surface area contributed by atoms with Crippen molar-refractivity contribution in [3.8, 4) is 0 Å². The second-order valence-corrected chi connectivity index (χ2v) is 5.55. The zero-order valence-electron chi connectivity index (χ0n) is 12.4. The van der Waals surface area contributed by atoms with Crippen LogP contribution in [0.15, 0.2) is 0 Å². The molecule has 2 amide bonds. The molecule has 0 aromatic carbocycles. The second-order valence-electron chi connectivity index (χ2n) is 5.55. The molecule has 0 unspecified atom stereocenters. The lowest BCUT2D eigenvalue weighted by Gasteiger charge is -2.27. The maximum atomic E-state index is 12.7. The fourth-order valence-corrected chi connectivity index (χ4v) is 2.88. The molecule has 1 heterocycles. The van der Waals surface area contributed by atoms with Gasteiger partial charge in [-0.1, -0.05) is 26.2 Å². The molecule has 0 bridgehead atoms. The number of aromatic nitrogens is 2. The lowest BCUT2D eigenvalue weighted by atomic mass is 10.1. The van der Waals surface area contributed by atoms with Crippen molar-refractivity contribution in [1.29, 1.82) is 0 Å². The van der Waals surface area contributed by atoms with Gasteiger partial charge in [0.1, 0.15) is 0 Å². The van der Waals surface area contributed by atoms with Gasteiger partial charge in [-0.25, -0.2) is 0 Å². The molecule has 116 valence electrons. The van der Waals surface area contributed by atoms with Gasteiger partial charge in [0.15, 0.2) is 5.69 Å². The Morgan fingerprint density at radius 3 is 2.62 bits per heavy atom. The number of anilines is 1. The van der Waals surface area contributed by atoms with Crippen molar-refractivity contribution in [1.82, 2.24) is 15.1 Å². The van der Waals surface area contributed by atoms with Crippen molar-refractivity contribution < 1.29 is 9.59 Å². The van der Waals surface area contributed by atoms with E-state index in [1.807, 2.05) is 6.92 Å². The number of amides is 2. The molecule has 0 atom stereocenters. The van der Waals surface area contributed by atoms with Crippen LogP contribution >= 0.6 is 0 Å². The monoisotopic (exact) mass is 293 g/mol. The fraction of sp³-hybridized carbons (Fsp3) is 0.643. The number of carbonyl (C=O) groups is 2. The Morgan fingerprint density at radius 1 is 1.38 bits per heavy atom. The van der Waals surface area contributed by atoms with E-state index in [0.717, 1.165) is 44.2 Å². The van der Waals surface area contributed by atoms with Crippen LogP contribution in [-0.4, -0.2) is 39.5 Å². The SMILES string of the molecule is CCCc1[nH]nc(C(=O)N(CC(N)=O)C2CCCC2)c1N. The smallest absolute Gasteiger partial charge is 0.277 e. The van der Waals surface area contributed by atoms with Gasteiger partial charge in [-0.05, 0) is 19.3 Å². The number of nitrogens with one attached hydrogen (secondary N) is 1. The molecule has 1 fully saturated rings. The molecule has 1 aliphatic carbocycles. The van der Waals surface area contributed by atoms with Gasteiger partial charge in [0.05, 0.1) is 17.9 Å². The molecule has 0 spiro atoms. The maximum absolute atomic E-state index is 12.7. The zero-order chi connectivity index (χ0) is 15.4. The van der Waals surface area contributed by atoms with E-state index >= 15 is 0 Å². The molecular weight excluding hydrogens is 270 g/mol.